The fraction of sp³-hybridized carbons (Fsp3) is 0.588. The number of hydrogen-bond donors (Lipinski definition) is 3. The Morgan fingerprint density at radius 3 is 2.95 bits per heavy atom. The zero-order valence-corrected chi connectivity index (χ0v) is 12.9. The zero-order chi connectivity index (χ0) is 15.1. The molecule has 0 aromatic heterocycles. The molecule has 1 aliphatic rings. The Bertz CT molecular complexity index is 473. The molecule has 4 heteroatoms. The molecular formula is C17H27N3O. The maximum Gasteiger partial charge on any atom is 0.170 e. The molecule has 0 aliphatic heterocycles. The van der Waals surface area contributed by atoms with Crippen LogP contribution in [0.3, 0.4) is 0 Å². The Morgan fingerprint density at radius 2 is 2.19 bits per heavy atom. The van der Waals surface area contributed by atoms with Gasteiger partial charge in [-0.3, -0.25) is 0 Å². The van der Waals surface area contributed by atoms with E-state index in [0.717, 1.165) is 36.1 Å². The van der Waals surface area contributed by atoms with Gasteiger partial charge in [-0.15, -0.1) is 0 Å². The van der Waals surface area contributed by atoms with Crippen LogP contribution in [0.4, 0.5) is 0 Å². The number of nitrogens with one attached hydrogen (secondary N) is 1. The minimum absolute atomic E-state index is 0.175. The first kappa shape index (κ1) is 15.8. The van der Waals surface area contributed by atoms with Crippen molar-refractivity contribution in [1.82, 2.24) is 5.32 Å². The number of rotatable bonds is 6. The van der Waals surface area contributed by atoms with E-state index in [2.05, 4.69) is 17.4 Å². The van der Waals surface area contributed by atoms with Crippen LogP contribution in [0.25, 0.3) is 0 Å². The average molecular weight is 289 g/mol. The van der Waals surface area contributed by atoms with E-state index >= 15 is 0 Å². The van der Waals surface area contributed by atoms with Crippen molar-refractivity contribution >= 4 is 5.84 Å². The van der Waals surface area contributed by atoms with Gasteiger partial charge in [0.2, 0.25) is 0 Å². The van der Waals surface area contributed by atoms with Crippen LogP contribution in [-0.4, -0.2) is 17.6 Å². The number of nitrogens with two attached hydrogens (primary N) is 1. The van der Waals surface area contributed by atoms with Gasteiger partial charge >= 0.3 is 0 Å². The molecule has 1 aliphatic carbocycles. The van der Waals surface area contributed by atoms with E-state index in [0.29, 0.717) is 0 Å². The van der Waals surface area contributed by atoms with Crippen LogP contribution < -0.4 is 11.1 Å². The average Bonchev–Trinajstić information content (AvgIpc) is 2.51. The molecule has 0 heterocycles. The van der Waals surface area contributed by atoms with Gasteiger partial charge in [0.15, 0.2) is 5.84 Å². The molecule has 1 saturated carbocycles. The predicted octanol–water partition coefficient (Wildman–Crippen LogP) is 3.09. The van der Waals surface area contributed by atoms with Crippen molar-refractivity contribution in [2.75, 3.05) is 6.54 Å². The van der Waals surface area contributed by atoms with Crippen LogP contribution in [0.2, 0.25) is 0 Å². The molecule has 116 valence electrons. The highest BCUT2D eigenvalue weighted by Gasteiger charge is 2.18. The van der Waals surface area contributed by atoms with E-state index < -0.39 is 0 Å². The molecule has 1 aromatic carbocycles. The monoisotopic (exact) mass is 289 g/mol. The minimum atomic E-state index is 0.175. The molecule has 1 aromatic rings. The maximum absolute atomic E-state index is 8.82. The summed E-state index contributed by atoms with van der Waals surface area (Å²) >= 11 is 0. The maximum atomic E-state index is 8.82. The van der Waals surface area contributed by atoms with Gasteiger partial charge in [-0.05, 0) is 36.8 Å². The molecule has 21 heavy (non-hydrogen) atoms. The standard InChI is InChI=1S/C17H27N3O/c1-13-5-4-6-14(11-13)9-10-19-12-15-7-2-3-8-16(15)17(18)20-21/h2-3,7-8,13-14,19,21H,4-6,9-12H2,1H3,(H2,18,20). The Kier molecular flexibility index (Phi) is 6.05. The van der Waals surface area contributed by atoms with Gasteiger partial charge in [0.1, 0.15) is 0 Å². The van der Waals surface area contributed by atoms with Crippen LogP contribution in [-0.2, 0) is 6.54 Å². The summed E-state index contributed by atoms with van der Waals surface area (Å²) in [5.74, 6) is 1.94. The number of amidine groups is 1. The second-order valence-corrected chi connectivity index (χ2v) is 6.25. The first-order valence-electron chi connectivity index (χ1n) is 7.97. The topological polar surface area (TPSA) is 70.6 Å². The Labute approximate surface area is 127 Å². The summed E-state index contributed by atoms with van der Waals surface area (Å²) in [6.45, 7) is 4.16. The van der Waals surface area contributed by atoms with Gasteiger partial charge in [-0.1, -0.05) is 55.6 Å². The molecule has 4 N–H and O–H groups in total. The Morgan fingerprint density at radius 1 is 1.38 bits per heavy atom. The predicted molar refractivity (Wildman–Crippen MR) is 86.4 cm³/mol. The third-order valence-corrected chi connectivity index (χ3v) is 4.49. The first-order chi connectivity index (χ1) is 10.2. The summed E-state index contributed by atoms with van der Waals surface area (Å²) in [5.41, 5.74) is 7.58. The molecule has 0 radical (unpaired) electrons. The van der Waals surface area contributed by atoms with E-state index in [9.17, 15) is 0 Å². The summed E-state index contributed by atoms with van der Waals surface area (Å²) < 4.78 is 0. The van der Waals surface area contributed by atoms with Crippen LogP contribution in [0.15, 0.2) is 29.4 Å². The highest BCUT2D eigenvalue weighted by molar-refractivity contribution is 5.98. The number of hydrogen-bond acceptors (Lipinski definition) is 3. The summed E-state index contributed by atoms with van der Waals surface area (Å²) in [4.78, 5) is 0. The zero-order valence-electron chi connectivity index (χ0n) is 12.9. The first-order valence-corrected chi connectivity index (χ1v) is 7.97. The molecule has 0 saturated heterocycles. The van der Waals surface area contributed by atoms with E-state index in [1.165, 1.54) is 32.1 Å². The molecule has 0 bridgehead atoms. The number of oxime groups is 1. The van der Waals surface area contributed by atoms with Gasteiger partial charge < -0.3 is 16.3 Å². The lowest BCUT2D eigenvalue weighted by Gasteiger charge is -2.26. The second-order valence-electron chi connectivity index (χ2n) is 6.25. The molecule has 1 fully saturated rings. The number of nitrogens with zero attached hydrogens (tertiary/aromatic N) is 1. The SMILES string of the molecule is CC1CCCC(CCNCc2ccccc2C(N)=NO)C1. The van der Waals surface area contributed by atoms with Crippen LogP contribution in [0, 0.1) is 11.8 Å². The third kappa shape index (κ3) is 4.74. The van der Waals surface area contributed by atoms with Crippen LogP contribution in [0.1, 0.15) is 50.2 Å². The van der Waals surface area contributed by atoms with Crippen molar-refractivity contribution in [2.24, 2.45) is 22.7 Å². The highest BCUT2D eigenvalue weighted by Crippen LogP contribution is 2.30. The molecule has 2 rings (SSSR count). The molecule has 4 nitrogen and oxygen atoms in total. The molecular weight excluding hydrogens is 262 g/mol. The normalized spacial score (nSPS) is 23.2. The molecule has 2 atom stereocenters. The highest BCUT2D eigenvalue weighted by atomic mass is 16.4. The van der Waals surface area contributed by atoms with E-state index in [1.54, 1.807) is 0 Å². The number of benzene rings is 1. The molecule has 0 spiro atoms. The minimum Gasteiger partial charge on any atom is -0.409 e. The van der Waals surface area contributed by atoms with Gasteiger partial charge in [-0.2, -0.15) is 0 Å². The second kappa shape index (κ2) is 8.03. The largest absolute Gasteiger partial charge is 0.409 e. The van der Waals surface area contributed by atoms with Gasteiger partial charge in [-0.25, -0.2) is 0 Å². The third-order valence-electron chi connectivity index (χ3n) is 4.49. The molecule has 2 unspecified atom stereocenters. The fourth-order valence-electron chi connectivity index (χ4n) is 3.33. The van der Waals surface area contributed by atoms with Gasteiger partial charge in [0, 0.05) is 12.1 Å². The smallest absolute Gasteiger partial charge is 0.170 e. The van der Waals surface area contributed by atoms with Crippen molar-refractivity contribution in [3.8, 4) is 0 Å². The van der Waals surface area contributed by atoms with Crippen molar-refractivity contribution in [1.29, 1.82) is 0 Å². The van der Waals surface area contributed by atoms with Gasteiger partial charge in [0.05, 0.1) is 0 Å². The van der Waals surface area contributed by atoms with Crippen LogP contribution >= 0.6 is 0 Å². The van der Waals surface area contributed by atoms with Crippen molar-refractivity contribution in [3.05, 3.63) is 35.4 Å². The lowest BCUT2D eigenvalue weighted by atomic mass is 9.81. The Hall–Kier alpha value is -1.55. The summed E-state index contributed by atoms with van der Waals surface area (Å²) in [6.07, 6.45) is 6.79. The van der Waals surface area contributed by atoms with E-state index in [4.69, 9.17) is 10.9 Å². The molecule has 0 amide bonds. The van der Waals surface area contributed by atoms with E-state index in [-0.39, 0.29) is 5.84 Å². The quantitative estimate of drug-likeness (QED) is 0.248. The van der Waals surface area contributed by atoms with Crippen molar-refractivity contribution < 1.29 is 5.21 Å². The summed E-state index contributed by atoms with van der Waals surface area (Å²) in [6, 6.07) is 7.78. The summed E-state index contributed by atoms with van der Waals surface area (Å²) in [7, 11) is 0. The summed E-state index contributed by atoms with van der Waals surface area (Å²) in [5, 5.41) is 15.4. The van der Waals surface area contributed by atoms with Crippen LogP contribution in [0.5, 0.6) is 0 Å². The van der Waals surface area contributed by atoms with Crippen molar-refractivity contribution in [3.63, 3.8) is 0 Å². The Balaban J connectivity index is 1.78. The van der Waals surface area contributed by atoms with E-state index in [1.807, 2.05) is 24.3 Å². The van der Waals surface area contributed by atoms with Crippen molar-refractivity contribution in [2.45, 2.75) is 45.6 Å². The lowest BCUT2D eigenvalue weighted by Crippen LogP contribution is -2.23. The lowest BCUT2D eigenvalue weighted by molar-refractivity contribution is 0.267. The fourth-order valence-corrected chi connectivity index (χ4v) is 3.33. The van der Waals surface area contributed by atoms with Gasteiger partial charge in [0.25, 0.3) is 0 Å².